The molecule has 2 N–H and O–H groups in total. The van der Waals surface area contributed by atoms with Gasteiger partial charge >= 0.3 is 0 Å². The number of hydrogen-bond donors (Lipinski definition) is 1. The largest absolute Gasteiger partial charge is 0.345 e. The zero-order valence-electron chi connectivity index (χ0n) is 10.3. The van der Waals surface area contributed by atoms with Crippen molar-refractivity contribution in [2.45, 2.75) is 31.8 Å². The van der Waals surface area contributed by atoms with Crippen molar-refractivity contribution in [3.05, 3.63) is 27.2 Å². The Morgan fingerprint density at radius 1 is 1.56 bits per heavy atom. The van der Waals surface area contributed by atoms with Crippen LogP contribution in [0.3, 0.4) is 0 Å². The van der Waals surface area contributed by atoms with E-state index < -0.39 is 0 Å². The average Bonchev–Trinajstić information content (AvgIpc) is 2.97. The SMILES string of the molecule is CN(Cc1cscn1)c1nc2c(s1)CCCC2N. The molecule has 2 aromatic rings. The van der Waals surface area contributed by atoms with E-state index in [9.17, 15) is 0 Å². The van der Waals surface area contributed by atoms with Crippen LogP contribution in [-0.2, 0) is 13.0 Å². The highest BCUT2D eigenvalue weighted by Crippen LogP contribution is 2.35. The summed E-state index contributed by atoms with van der Waals surface area (Å²) in [6, 6.07) is 0.131. The Hall–Kier alpha value is -0.980. The number of hydrogen-bond acceptors (Lipinski definition) is 6. The lowest BCUT2D eigenvalue weighted by atomic mass is 9.99. The van der Waals surface area contributed by atoms with Crippen molar-refractivity contribution in [3.8, 4) is 0 Å². The lowest BCUT2D eigenvalue weighted by Crippen LogP contribution is -2.18. The fraction of sp³-hybridized carbons (Fsp3) is 0.500. The zero-order valence-corrected chi connectivity index (χ0v) is 11.9. The van der Waals surface area contributed by atoms with Crippen LogP contribution in [0.4, 0.5) is 5.13 Å². The van der Waals surface area contributed by atoms with E-state index in [1.54, 1.807) is 22.7 Å². The van der Waals surface area contributed by atoms with Gasteiger partial charge in [-0.05, 0) is 19.3 Å². The standard InChI is InChI=1S/C12H16N4S2/c1-16(5-8-6-17-7-14-8)12-15-11-9(13)3-2-4-10(11)18-12/h6-7,9H,2-5,13H2,1H3. The first-order valence-electron chi connectivity index (χ1n) is 6.07. The molecule has 1 aliphatic rings. The Kier molecular flexibility index (Phi) is 3.32. The fourth-order valence-electron chi connectivity index (χ4n) is 2.23. The maximum absolute atomic E-state index is 6.11. The second-order valence-electron chi connectivity index (χ2n) is 4.64. The minimum Gasteiger partial charge on any atom is -0.345 e. The van der Waals surface area contributed by atoms with Gasteiger partial charge in [-0.25, -0.2) is 9.97 Å². The molecule has 4 nitrogen and oxygen atoms in total. The Balaban J connectivity index is 1.80. The van der Waals surface area contributed by atoms with Crippen molar-refractivity contribution in [1.82, 2.24) is 9.97 Å². The van der Waals surface area contributed by atoms with E-state index in [1.165, 1.54) is 11.3 Å². The van der Waals surface area contributed by atoms with Crippen LogP contribution in [0.2, 0.25) is 0 Å². The first-order valence-corrected chi connectivity index (χ1v) is 7.83. The summed E-state index contributed by atoms with van der Waals surface area (Å²) in [6.07, 6.45) is 3.38. The number of aryl methyl sites for hydroxylation is 1. The zero-order chi connectivity index (χ0) is 12.5. The van der Waals surface area contributed by atoms with Gasteiger partial charge in [-0.15, -0.1) is 22.7 Å². The molecule has 6 heteroatoms. The van der Waals surface area contributed by atoms with E-state index in [0.717, 1.165) is 35.9 Å². The number of nitrogens with zero attached hydrogens (tertiary/aromatic N) is 3. The monoisotopic (exact) mass is 280 g/mol. The summed E-state index contributed by atoms with van der Waals surface area (Å²) >= 11 is 3.41. The third-order valence-electron chi connectivity index (χ3n) is 3.20. The summed E-state index contributed by atoms with van der Waals surface area (Å²) in [6.45, 7) is 0.811. The van der Waals surface area contributed by atoms with Gasteiger partial charge < -0.3 is 10.6 Å². The van der Waals surface area contributed by atoms with E-state index >= 15 is 0 Å². The molecule has 1 unspecified atom stereocenters. The summed E-state index contributed by atoms with van der Waals surface area (Å²) in [5, 5.41) is 3.14. The van der Waals surface area contributed by atoms with Crippen molar-refractivity contribution in [2.24, 2.45) is 5.73 Å². The van der Waals surface area contributed by atoms with Gasteiger partial charge in [-0.2, -0.15) is 0 Å². The summed E-state index contributed by atoms with van der Waals surface area (Å²) < 4.78 is 0. The van der Waals surface area contributed by atoms with Crippen LogP contribution in [0.25, 0.3) is 0 Å². The van der Waals surface area contributed by atoms with Crippen molar-refractivity contribution in [1.29, 1.82) is 0 Å². The molecule has 0 saturated heterocycles. The number of thiazole rings is 2. The molecule has 1 aliphatic carbocycles. The molecular weight excluding hydrogens is 264 g/mol. The van der Waals surface area contributed by atoms with Gasteiger partial charge in [0.15, 0.2) is 5.13 Å². The molecule has 1 atom stereocenters. The van der Waals surface area contributed by atoms with Gasteiger partial charge in [0.2, 0.25) is 0 Å². The van der Waals surface area contributed by atoms with Crippen LogP contribution in [0, 0.1) is 0 Å². The number of fused-ring (bicyclic) bond motifs is 1. The molecule has 0 saturated carbocycles. The molecule has 0 aromatic carbocycles. The topological polar surface area (TPSA) is 55.0 Å². The predicted molar refractivity (Wildman–Crippen MR) is 76.2 cm³/mol. The first-order chi connectivity index (χ1) is 8.74. The summed E-state index contributed by atoms with van der Waals surface area (Å²) in [5.41, 5.74) is 10.2. The molecule has 0 fully saturated rings. The highest BCUT2D eigenvalue weighted by atomic mass is 32.1. The number of anilines is 1. The van der Waals surface area contributed by atoms with Crippen LogP contribution in [0.5, 0.6) is 0 Å². The van der Waals surface area contributed by atoms with Gasteiger partial charge in [0, 0.05) is 23.3 Å². The van der Waals surface area contributed by atoms with Crippen LogP contribution >= 0.6 is 22.7 Å². The molecular formula is C12H16N4S2. The van der Waals surface area contributed by atoms with Gasteiger partial charge in [-0.1, -0.05) is 0 Å². The second kappa shape index (κ2) is 4.95. The molecule has 0 amide bonds. The minimum atomic E-state index is 0.131. The smallest absolute Gasteiger partial charge is 0.185 e. The quantitative estimate of drug-likeness (QED) is 0.939. The third-order valence-corrected chi connectivity index (χ3v) is 5.08. The molecule has 0 aliphatic heterocycles. The lowest BCUT2D eigenvalue weighted by Gasteiger charge is -2.16. The molecule has 2 heterocycles. The number of rotatable bonds is 3. The molecule has 0 bridgehead atoms. The third kappa shape index (κ3) is 2.28. The number of nitrogens with two attached hydrogens (primary N) is 1. The second-order valence-corrected chi connectivity index (χ2v) is 6.42. The molecule has 2 aromatic heterocycles. The maximum Gasteiger partial charge on any atom is 0.185 e. The van der Waals surface area contributed by atoms with Gasteiger partial charge in [-0.3, -0.25) is 0 Å². The van der Waals surface area contributed by atoms with Crippen molar-refractivity contribution in [2.75, 3.05) is 11.9 Å². The Labute approximate surface area is 114 Å². The van der Waals surface area contributed by atoms with Crippen LogP contribution in [0.1, 0.15) is 35.1 Å². The van der Waals surface area contributed by atoms with E-state index in [2.05, 4.69) is 22.3 Å². The Morgan fingerprint density at radius 2 is 2.44 bits per heavy atom. The maximum atomic E-state index is 6.11. The van der Waals surface area contributed by atoms with Crippen LogP contribution in [-0.4, -0.2) is 17.0 Å². The normalized spacial score (nSPS) is 18.7. The molecule has 3 rings (SSSR count). The first kappa shape index (κ1) is 12.1. The number of aromatic nitrogens is 2. The lowest BCUT2D eigenvalue weighted by molar-refractivity contribution is 0.563. The van der Waals surface area contributed by atoms with Crippen LogP contribution in [0.15, 0.2) is 10.9 Å². The summed E-state index contributed by atoms with van der Waals surface area (Å²) in [4.78, 5) is 12.5. The Morgan fingerprint density at radius 3 is 3.17 bits per heavy atom. The average molecular weight is 280 g/mol. The van der Waals surface area contributed by atoms with Crippen molar-refractivity contribution < 1.29 is 0 Å². The summed E-state index contributed by atoms with van der Waals surface area (Å²) in [7, 11) is 2.06. The van der Waals surface area contributed by atoms with E-state index in [1.807, 2.05) is 5.51 Å². The van der Waals surface area contributed by atoms with Gasteiger partial charge in [0.1, 0.15) is 0 Å². The molecule has 18 heavy (non-hydrogen) atoms. The molecule has 96 valence electrons. The Bertz CT molecular complexity index is 520. The molecule has 0 radical (unpaired) electrons. The highest BCUT2D eigenvalue weighted by molar-refractivity contribution is 7.15. The van der Waals surface area contributed by atoms with E-state index in [-0.39, 0.29) is 6.04 Å². The molecule has 0 spiro atoms. The van der Waals surface area contributed by atoms with Crippen LogP contribution < -0.4 is 10.6 Å². The highest BCUT2D eigenvalue weighted by Gasteiger charge is 2.22. The summed E-state index contributed by atoms with van der Waals surface area (Å²) in [5.74, 6) is 0. The minimum absolute atomic E-state index is 0.131. The van der Waals surface area contributed by atoms with Gasteiger partial charge in [0.05, 0.1) is 23.4 Å². The van der Waals surface area contributed by atoms with Gasteiger partial charge in [0.25, 0.3) is 0 Å². The van der Waals surface area contributed by atoms with Crippen molar-refractivity contribution >= 4 is 27.8 Å². The van der Waals surface area contributed by atoms with E-state index in [4.69, 9.17) is 10.7 Å². The predicted octanol–water partition coefficient (Wildman–Crippen LogP) is 2.57. The fourth-order valence-corrected chi connectivity index (χ4v) is 3.91. The van der Waals surface area contributed by atoms with E-state index in [0.29, 0.717) is 0 Å². The van der Waals surface area contributed by atoms with Crippen molar-refractivity contribution in [3.63, 3.8) is 0 Å².